The summed E-state index contributed by atoms with van der Waals surface area (Å²) in [5.41, 5.74) is 12.9. The topological polar surface area (TPSA) is 84.4 Å². The molecular weight excluding hydrogens is 240 g/mol. The monoisotopic (exact) mass is 262 g/mol. The van der Waals surface area contributed by atoms with E-state index in [4.69, 9.17) is 11.5 Å². The van der Waals surface area contributed by atoms with Crippen molar-refractivity contribution in [1.82, 2.24) is 4.90 Å². The van der Waals surface area contributed by atoms with Crippen molar-refractivity contribution in [1.29, 1.82) is 0 Å². The molecule has 1 aliphatic heterocycles. The van der Waals surface area contributed by atoms with Gasteiger partial charge in [0.05, 0.1) is 5.56 Å². The Morgan fingerprint density at radius 3 is 2.84 bits per heavy atom. The van der Waals surface area contributed by atoms with Gasteiger partial charge in [-0.05, 0) is 44.1 Å². The fourth-order valence-corrected chi connectivity index (χ4v) is 2.66. The van der Waals surface area contributed by atoms with Gasteiger partial charge in [-0.15, -0.1) is 0 Å². The van der Waals surface area contributed by atoms with Gasteiger partial charge in [0.2, 0.25) is 0 Å². The van der Waals surface area contributed by atoms with E-state index in [2.05, 4.69) is 24.2 Å². The predicted octanol–water partition coefficient (Wildman–Crippen LogP) is 1.12. The molecule has 1 aromatic carbocycles. The van der Waals surface area contributed by atoms with Crippen LogP contribution in [-0.4, -0.2) is 37.0 Å². The summed E-state index contributed by atoms with van der Waals surface area (Å²) in [6, 6.07) is 5.61. The fraction of sp³-hybridized carbons (Fsp3) is 0.500. The first-order valence-corrected chi connectivity index (χ1v) is 6.62. The number of hydrogen-bond donors (Lipinski definition) is 3. The van der Waals surface area contributed by atoms with E-state index in [-0.39, 0.29) is 0 Å². The summed E-state index contributed by atoms with van der Waals surface area (Å²) in [5, 5.41) is 3.45. The second-order valence-corrected chi connectivity index (χ2v) is 5.45. The summed E-state index contributed by atoms with van der Waals surface area (Å²) in [5.74, 6) is 0.0763. The number of piperidine rings is 1. The van der Waals surface area contributed by atoms with Crippen molar-refractivity contribution in [2.24, 2.45) is 11.7 Å². The highest BCUT2D eigenvalue weighted by atomic mass is 16.1. The van der Waals surface area contributed by atoms with Crippen LogP contribution in [0.2, 0.25) is 0 Å². The molecule has 0 radical (unpaired) electrons. The van der Waals surface area contributed by atoms with E-state index in [1.807, 2.05) is 6.07 Å². The third kappa shape index (κ3) is 3.17. The normalized spacial score (nSPS) is 24.1. The molecule has 104 valence electrons. The molecule has 19 heavy (non-hydrogen) atoms. The Bertz CT molecular complexity index is 475. The number of benzene rings is 1. The van der Waals surface area contributed by atoms with Gasteiger partial charge in [0.25, 0.3) is 5.91 Å². The Morgan fingerprint density at radius 2 is 2.21 bits per heavy atom. The largest absolute Gasteiger partial charge is 0.399 e. The highest BCUT2D eigenvalue weighted by Gasteiger charge is 2.25. The van der Waals surface area contributed by atoms with E-state index in [0.717, 1.165) is 25.2 Å². The number of hydrogen-bond acceptors (Lipinski definition) is 4. The number of anilines is 2. The van der Waals surface area contributed by atoms with Crippen LogP contribution in [0.3, 0.4) is 0 Å². The van der Waals surface area contributed by atoms with Crippen molar-refractivity contribution in [3.63, 3.8) is 0 Å². The number of carbonyl (C=O) groups excluding carboxylic acids is 1. The summed E-state index contributed by atoms with van der Waals surface area (Å²) in [4.78, 5) is 13.8. The lowest BCUT2D eigenvalue weighted by atomic mass is 9.93. The SMILES string of the molecule is CC1CN(C)CCC1Nc1ccc(N)cc1C(N)=O. The van der Waals surface area contributed by atoms with Crippen molar-refractivity contribution < 1.29 is 4.79 Å². The average Bonchev–Trinajstić information content (AvgIpc) is 2.34. The minimum atomic E-state index is -0.449. The summed E-state index contributed by atoms with van der Waals surface area (Å²) < 4.78 is 0. The standard InChI is InChI=1S/C14H22N4O/c1-9-8-18(2)6-5-12(9)17-13-4-3-10(15)7-11(13)14(16)19/h3-4,7,9,12,17H,5-6,8,15H2,1-2H3,(H2,16,19). The first-order chi connectivity index (χ1) is 8.97. The lowest BCUT2D eigenvalue weighted by Crippen LogP contribution is -2.43. The molecule has 2 unspecified atom stereocenters. The number of rotatable bonds is 3. The van der Waals surface area contributed by atoms with E-state index in [9.17, 15) is 4.79 Å². The highest BCUT2D eigenvalue weighted by molar-refractivity contribution is 5.99. The van der Waals surface area contributed by atoms with E-state index in [1.165, 1.54) is 0 Å². The van der Waals surface area contributed by atoms with Gasteiger partial charge in [0.1, 0.15) is 0 Å². The maximum absolute atomic E-state index is 11.5. The molecule has 1 saturated heterocycles. The van der Waals surface area contributed by atoms with E-state index in [0.29, 0.717) is 23.2 Å². The summed E-state index contributed by atoms with van der Waals surface area (Å²) in [6.07, 6.45) is 1.06. The lowest BCUT2D eigenvalue weighted by molar-refractivity contribution is 0.100. The fourth-order valence-electron chi connectivity index (χ4n) is 2.66. The summed E-state index contributed by atoms with van der Waals surface area (Å²) in [6.45, 7) is 4.33. The quantitative estimate of drug-likeness (QED) is 0.713. The first kappa shape index (κ1) is 13.7. The number of carbonyl (C=O) groups is 1. The molecule has 1 fully saturated rings. The maximum Gasteiger partial charge on any atom is 0.250 e. The number of nitrogens with zero attached hydrogens (tertiary/aromatic N) is 1. The Labute approximate surface area is 113 Å². The summed E-state index contributed by atoms with van der Waals surface area (Å²) in [7, 11) is 2.13. The van der Waals surface area contributed by atoms with Crippen LogP contribution < -0.4 is 16.8 Å². The molecule has 0 aromatic heterocycles. The molecule has 2 atom stereocenters. The van der Waals surface area contributed by atoms with Crippen LogP contribution in [0.15, 0.2) is 18.2 Å². The average molecular weight is 262 g/mol. The Kier molecular flexibility index (Phi) is 3.95. The molecule has 1 aliphatic rings. The van der Waals surface area contributed by atoms with Crippen molar-refractivity contribution in [3.8, 4) is 0 Å². The lowest BCUT2D eigenvalue weighted by Gasteiger charge is -2.36. The van der Waals surface area contributed by atoms with Crippen LogP contribution in [0.4, 0.5) is 11.4 Å². The van der Waals surface area contributed by atoms with Gasteiger partial charge in [-0.3, -0.25) is 4.79 Å². The molecule has 1 heterocycles. The molecule has 0 saturated carbocycles. The Balaban J connectivity index is 2.17. The van der Waals surface area contributed by atoms with E-state index in [1.54, 1.807) is 12.1 Å². The smallest absolute Gasteiger partial charge is 0.250 e. The molecule has 1 aromatic rings. The van der Waals surface area contributed by atoms with Crippen molar-refractivity contribution in [2.75, 3.05) is 31.2 Å². The van der Waals surface area contributed by atoms with Crippen LogP contribution >= 0.6 is 0 Å². The van der Waals surface area contributed by atoms with Gasteiger partial charge < -0.3 is 21.7 Å². The predicted molar refractivity (Wildman–Crippen MR) is 78.1 cm³/mol. The third-order valence-electron chi connectivity index (χ3n) is 3.76. The van der Waals surface area contributed by atoms with Crippen LogP contribution in [0.5, 0.6) is 0 Å². The van der Waals surface area contributed by atoms with Crippen molar-refractivity contribution >= 4 is 17.3 Å². The van der Waals surface area contributed by atoms with Gasteiger partial charge in [0, 0.05) is 24.0 Å². The molecule has 1 amide bonds. The molecular formula is C14H22N4O. The Morgan fingerprint density at radius 1 is 1.47 bits per heavy atom. The number of nitrogens with two attached hydrogens (primary N) is 2. The van der Waals surface area contributed by atoms with Gasteiger partial charge in [-0.2, -0.15) is 0 Å². The molecule has 0 bridgehead atoms. The van der Waals surface area contributed by atoms with Crippen molar-refractivity contribution in [3.05, 3.63) is 23.8 Å². The molecule has 5 N–H and O–H groups in total. The van der Waals surface area contributed by atoms with Crippen LogP contribution in [0.1, 0.15) is 23.7 Å². The van der Waals surface area contributed by atoms with E-state index >= 15 is 0 Å². The second-order valence-electron chi connectivity index (χ2n) is 5.45. The van der Waals surface area contributed by atoms with Gasteiger partial charge in [-0.25, -0.2) is 0 Å². The number of likely N-dealkylation sites (tertiary alicyclic amines) is 1. The third-order valence-corrected chi connectivity index (χ3v) is 3.76. The second kappa shape index (κ2) is 5.48. The minimum absolute atomic E-state index is 0.359. The molecule has 0 spiro atoms. The van der Waals surface area contributed by atoms with E-state index < -0.39 is 5.91 Å². The summed E-state index contributed by atoms with van der Waals surface area (Å²) >= 11 is 0. The molecule has 2 rings (SSSR count). The number of nitrogens with one attached hydrogen (secondary N) is 1. The number of primary amides is 1. The highest BCUT2D eigenvalue weighted by Crippen LogP contribution is 2.24. The van der Waals surface area contributed by atoms with Crippen molar-refractivity contribution in [2.45, 2.75) is 19.4 Å². The van der Waals surface area contributed by atoms with Gasteiger partial charge in [-0.1, -0.05) is 6.92 Å². The number of nitrogen functional groups attached to an aromatic ring is 1. The zero-order valence-corrected chi connectivity index (χ0v) is 11.5. The number of amides is 1. The maximum atomic E-state index is 11.5. The Hall–Kier alpha value is -1.75. The zero-order valence-electron chi connectivity index (χ0n) is 11.5. The van der Waals surface area contributed by atoms with Gasteiger partial charge in [0.15, 0.2) is 0 Å². The molecule has 5 nitrogen and oxygen atoms in total. The minimum Gasteiger partial charge on any atom is -0.399 e. The molecule has 5 heteroatoms. The van der Waals surface area contributed by atoms with Gasteiger partial charge >= 0.3 is 0 Å². The zero-order chi connectivity index (χ0) is 14.0. The first-order valence-electron chi connectivity index (χ1n) is 6.62. The van der Waals surface area contributed by atoms with Crippen LogP contribution in [0.25, 0.3) is 0 Å². The molecule has 0 aliphatic carbocycles. The van der Waals surface area contributed by atoms with Crippen LogP contribution in [0, 0.1) is 5.92 Å². The van der Waals surface area contributed by atoms with Crippen LogP contribution in [-0.2, 0) is 0 Å².